The quantitative estimate of drug-likeness (QED) is 0.846. The second-order valence-corrected chi connectivity index (χ2v) is 6.39. The van der Waals surface area contributed by atoms with E-state index in [1.165, 1.54) is 14.1 Å². The Morgan fingerprint density at radius 1 is 1.50 bits per heavy atom. The molecule has 0 bridgehead atoms. The predicted octanol–water partition coefficient (Wildman–Crippen LogP) is 1.32. The smallest absolute Gasteiger partial charge is 0.215 e. The van der Waals surface area contributed by atoms with Crippen LogP contribution in [0.2, 0.25) is 0 Å². The van der Waals surface area contributed by atoms with Crippen molar-refractivity contribution in [3.8, 4) is 0 Å². The third kappa shape index (κ3) is 3.59. The molecule has 6 heteroatoms. The molecule has 2 aromatic rings. The van der Waals surface area contributed by atoms with Crippen LogP contribution >= 0.6 is 0 Å². The third-order valence-electron chi connectivity index (χ3n) is 2.85. The number of hydrogen-bond donors (Lipinski definition) is 2. The molecule has 0 amide bonds. The molecule has 110 valence electrons. The van der Waals surface area contributed by atoms with Crippen molar-refractivity contribution in [3.05, 3.63) is 35.4 Å². The van der Waals surface area contributed by atoms with Crippen molar-refractivity contribution >= 4 is 20.9 Å². The number of likely N-dealkylation sites (N-methyl/N-ethyl adjacent to an activating group) is 1. The van der Waals surface area contributed by atoms with E-state index in [1.807, 2.05) is 0 Å². The van der Waals surface area contributed by atoms with Gasteiger partial charge in [0.2, 0.25) is 10.0 Å². The molecule has 0 aliphatic rings. The van der Waals surface area contributed by atoms with Crippen molar-refractivity contribution in [1.82, 2.24) is 14.6 Å². The molecule has 0 radical (unpaired) electrons. The van der Waals surface area contributed by atoms with Gasteiger partial charge in [-0.25, -0.2) is 13.1 Å². The second kappa shape index (κ2) is 5.95. The summed E-state index contributed by atoms with van der Waals surface area (Å²) in [7, 11) is -1.14. The Labute approximate surface area is 129 Å². The zero-order chi connectivity index (χ0) is 20.7. The number of rotatable bonds is 6. The Bertz CT molecular complexity index is 970. The highest BCUT2D eigenvalue weighted by molar-refractivity contribution is 7.88. The SMILES string of the molecule is [2H]c1[nH]c2c([2H])c([2H])c(CS(=O)(=O)NC)c([2H])c2c1CCN(C)C([2H])([2H])[2H]. The van der Waals surface area contributed by atoms with Crippen LogP contribution in [0, 0.1) is 0 Å². The van der Waals surface area contributed by atoms with Crippen molar-refractivity contribution < 1.29 is 18.0 Å². The molecule has 0 fully saturated rings. The van der Waals surface area contributed by atoms with E-state index in [2.05, 4.69) is 9.71 Å². The van der Waals surface area contributed by atoms with Gasteiger partial charge in [-0.3, -0.25) is 0 Å². The number of sulfonamides is 1. The van der Waals surface area contributed by atoms with Gasteiger partial charge < -0.3 is 9.88 Å². The summed E-state index contributed by atoms with van der Waals surface area (Å²) in [6, 6.07) is -0.934. The molecule has 1 aromatic carbocycles. The van der Waals surface area contributed by atoms with Crippen LogP contribution in [0.15, 0.2) is 24.3 Å². The monoisotopic (exact) mass is 302 g/mol. The standard InChI is InChI=1S/C14H21N3O2S/c1-15-20(18,19)10-11-4-5-14-13(8-11)12(9-16-14)6-7-17(2)3/h4-5,8-9,15-16H,6-7,10H2,1-3H3/i2D3,4D,5D,8D,9D. The highest BCUT2D eigenvalue weighted by Gasteiger charge is 2.11. The molecule has 5 nitrogen and oxygen atoms in total. The Hall–Kier alpha value is -1.37. The van der Waals surface area contributed by atoms with Gasteiger partial charge in [-0.15, -0.1) is 0 Å². The van der Waals surface area contributed by atoms with Crippen LogP contribution < -0.4 is 4.72 Å². The summed E-state index contributed by atoms with van der Waals surface area (Å²) in [5.41, 5.74) is 0.293. The lowest BCUT2D eigenvalue weighted by Gasteiger charge is -2.08. The lowest BCUT2D eigenvalue weighted by molar-refractivity contribution is 0.414. The van der Waals surface area contributed by atoms with E-state index in [1.54, 1.807) is 0 Å². The van der Waals surface area contributed by atoms with Crippen LogP contribution in [0.4, 0.5) is 0 Å². The zero-order valence-electron chi connectivity index (χ0n) is 18.3. The van der Waals surface area contributed by atoms with Crippen LogP contribution in [-0.2, 0) is 22.2 Å². The van der Waals surface area contributed by atoms with Gasteiger partial charge >= 0.3 is 0 Å². The van der Waals surface area contributed by atoms with Gasteiger partial charge in [-0.05, 0) is 50.7 Å². The molecular weight excluding hydrogens is 274 g/mol. The molecule has 2 rings (SSSR count). The topological polar surface area (TPSA) is 65.2 Å². The maximum atomic E-state index is 11.9. The minimum atomic E-state index is -3.77. The molecule has 2 N–H and O–H groups in total. The average molecular weight is 302 g/mol. The van der Waals surface area contributed by atoms with Crippen LogP contribution in [0.1, 0.15) is 20.7 Å². The van der Waals surface area contributed by atoms with E-state index in [4.69, 9.17) is 9.60 Å². The number of nitrogens with zero attached hydrogens (tertiary/aromatic N) is 1. The maximum Gasteiger partial charge on any atom is 0.215 e. The first kappa shape index (κ1) is 8.17. The van der Waals surface area contributed by atoms with Crippen molar-refractivity contribution in [2.45, 2.75) is 12.2 Å². The van der Waals surface area contributed by atoms with Crippen molar-refractivity contribution in [3.63, 3.8) is 0 Å². The first-order valence-electron chi connectivity index (χ1n) is 9.52. The van der Waals surface area contributed by atoms with Gasteiger partial charge in [-0.1, -0.05) is 6.04 Å². The maximum absolute atomic E-state index is 11.9. The number of H-pyrrole nitrogens is 1. The first-order chi connectivity index (χ1) is 12.3. The molecule has 0 saturated carbocycles. The average Bonchev–Trinajstić information content (AvgIpc) is 2.90. The Balaban J connectivity index is 2.60. The van der Waals surface area contributed by atoms with Crippen molar-refractivity contribution in [2.75, 3.05) is 27.6 Å². The minimum Gasteiger partial charge on any atom is -0.361 e. The van der Waals surface area contributed by atoms with Crippen molar-refractivity contribution in [1.29, 1.82) is 0 Å². The van der Waals surface area contributed by atoms with E-state index < -0.39 is 28.8 Å². The molecular formula is C14H21N3O2S. The fourth-order valence-corrected chi connectivity index (χ4v) is 2.44. The molecule has 0 aliphatic heterocycles. The number of nitrogens with one attached hydrogen (secondary N) is 2. The van der Waals surface area contributed by atoms with Gasteiger partial charge in [0.05, 0.1) is 11.2 Å². The summed E-state index contributed by atoms with van der Waals surface area (Å²) in [5.74, 6) is -0.629. The normalized spacial score (nSPS) is 18.1. The lowest BCUT2D eigenvalue weighted by Crippen LogP contribution is -2.20. The Morgan fingerprint density at radius 2 is 2.30 bits per heavy atom. The first-order valence-corrected chi connectivity index (χ1v) is 7.67. The summed E-state index contributed by atoms with van der Waals surface area (Å²) >= 11 is 0. The number of fused-ring (bicyclic) bond motifs is 1. The van der Waals surface area contributed by atoms with Gasteiger partial charge in [0.25, 0.3) is 0 Å². The van der Waals surface area contributed by atoms with Gasteiger partial charge in [0.1, 0.15) is 0 Å². The second-order valence-electron chi connectivity index (χ2n) is 4.47. The minimum absolute atomic E-state index is 0.0783. The fraction of sp³-hybridized carbons (Fsp3) is 0.429. The molecule has 0 aliphatic carbocycles. The number of benzene rings is 1. The lowest BCUT2D eigenvalue weighted by atomic mass is 10.1. The molecule has 0 spiro atoms. The highest BCUT2D eigenvalue weighted by atomic mass is 32.2. The summed E-state index contributed by atoms with van der Waals surface area (Å²) in [4.78, 5) is 3.79. The molecule has 0 unspecified atom stereocenters. The van der Waals surface area contributed by atoms with E-state index >= 15 is 0 Å². The van der Waals surface area contributed by atoms with Gasteiger partial charge in [-0.2, -0.15) is 0 Å². The highest BCUT2D eigenvalue weighted by Crippen LogP contribution is 2.21. The number of aromatic nitrogens is 1. The number of aromatic amines is 1. The fourth-order valence-electron chi connectivity index (χ4n) is 1.77. The molecule has 0 saturated heterocycles. The third-order valence-corrected chi connectivity index (χ3v) is 4.14. The molecule has 0 atom stereocenters. The predicted molar refractivity (Wildman–Crippen MR) is 82.2 cm³/mol. The van der Waals surface area contributed by atoms with Crippen LogP contribution in [0.3, 0.4) is 0 Å². The summed E-state index contributed by atoms with van der Waals surface area (Å²) in [6.45, 7) is -2.23. The van der Waals surface area contributed by atoms with Crippen LogP contribution in [-0.4, -0.2) is 45.9 Å². The summed E-state index contributed by atoms with van der Waals surface area (Å²) < 4.78 is 80.6. The van der Waals surface area contributed by atoms with Gasteiger partial charge in [0, 0.05) is 27.7 Å². The molecule has 20 heavy (non-hydrogen) atoms. The largest absolute Gasteiger partial charge is 0.361 e. The van der Waals surface area contributed by atoms with Crippen molar-refractivity contribution in [2.24, 2.45) is 0 Å². The van der Waals surface area contributed by atoms with E-state index in [-0.39, 0.29) is 47.7 Å². The zero-order valence-corrected chi connectivity index (χ0v) is 12.1. The Morgan fingerprint density at radius 3 is 3.00 bits per heavy atom. The summed E-state index contributed by atoms with van der Waals surface area (Å²) in [5, 5.41) is 0.182. The van der Waals surface area contributed by atoms with Crippen LogP contribution in [0.5, 0.6) is 0 Å². The molecule has 1 heterocycles. The van der Waals surface area contributed by atoms with E-state index in [9.17, 15) is 8.42 Å². The van der Waals surface area contributed by atoms with E-state index in [0.29, 0.717) is 5.56 Å². The number of hydrogen-bond acceptors (Lipinski definition) is 3. The van der Waals surface area contributed by atoms with Crippen LogP contribution in [0.25, 0.3) is 10.9 Å². The molecule has 1 aromatic heterocycles. The van der Waals surface area contributed by atoms with E-state index in [0.717, 1.165) is 4.90 Å². The summed E-state index contributed by atoms with van der Waals surface area (Å²) in [6.07, 6.45) is 0.0354. The Kier molecular flexibility index (Phi) is 2.43. The van der Waals surface area contributed by atoms with Gasteiger partial charge in [0.15, 0.2) is 0 Å².